The molecule has 0 amide bonds. The number of rotatable bonds is 3. The van der Waals surface area contributed by atoms with Crippen LogP contribution in [0.4, 0.5) is 8.78 Å². The number of H-pyrrole nitrogens is 1. The highest BCUT2D eigenvalue weighted by Gasteiger charge is 2.16. The molecule has 3 nitrogen and oxygen atoms in total. The van der Waals surface area contributed by atoms with Crippen LogP contribution in [-0.4, -0.2) is 17.9 Å². The van der Waals surface area contributed by atoms with Crippen molar-refractivity contribution in [1.29, 1.82) is 0 Å². The molecule has 0 spiro atoms. The van der Waals surface area contributed by atoms with Crippen molar-refractivity contribution < 1.29 is 18.3 Å². The molecule has 3 rings (SSSR count). The Morgan fingerprint density at radius 2 is 1.90 bits per heavy atom. The van der Waals surface area contributed by atoms with Gasteiger partial charge in [0, 0.05) is 28.2 Å². The van der Waals surface area contributed by atoms with Gasteiger partial charge in [0.2, 0.25) is 0 Å². The summed E-state index contributed by atoms with van der Waals surface area (Å²) in [6, 6.07) is 8.38. The molecule has 5 heteroatoms. The number of fused-ring (bicyclic) bond motifs is 1. The van der Waals surface area contributed by atoms with Gasteiger partial charge in [0.05, 0.1) is 7.11 Å². The van der Waals surface area contributed by atoms with Crippen LogP contribution in [0.3, 0.4) is 0 Å². The number of aromatic nitrogens is 1. The quantitative estimate of drug-likeness (QED) is 0.746. The Morgan fingerprint density at radius 1 is 1.10 bits per heavy atom. The fourth-order valence-corrected chi connectivity index (χ4v) is 2.21. The lowest BCUT2D eigenvalue weighted by molar-refractivity contribution is 0.104. The number of carbonyl (C=O) groups excluding carboxylic acids is 1. The van der Waals surface area contributed by atoms with Gasteiger partial charge in [0.1, 0.15) is 5.75 Å². The van der Waals surface area contributed by atoms with Crippen molar-refractivity contribution >= 4 is 16.7 Å². The maximum Gasteiger partial charge on any atom is 0.195 e. The lowest BCUT2D eigenvalue weighted by atomic mass is 10.0. The van der Waals surface area contributed by atoms with Gasteiger partial charge in [-0.05, 0) is 36.4 Å². The van der Waals surface area contributed by atoms with Crippen molar-refractivity contribution in [3.63, 3.8) is 0 Å². The third-order valence-electron chi connectivity index (χ3n) is 3.32. The van der Waals surface area contributed by atoms with Crippen LogP contribution in [0.5, 0.6) is 5.75 Å². The summed E-state index contributed by atoms with van der Waals surface area (Å²) in [5.74, 6) is -1.79. The van der Waals surface area contributed by atoms with E-state index in [0.29, 0.717) is 16.7 Å². The van der Waals surface area contributed by atoms with Crippen LogP contribution in [-0.2, 0) is 0 Å². The first-order valence-electron chi connectivity index (χ1n) is 6.25. The van der Waals surface area contributed by atoms with Crippen LogP contribution >= 0.6 is 0 Å². The minimum Gasteiger partial charge on any atom is -0.497 e. The van der Waals surface area contributed by atoms with E-state index >= 15 is 0 Å². The summed E-state index contributed by atoms with van der Waals surface area (Å²) in [4.78, 5) is 15.4. The highest BCUT2D eigenvalue weighted by atomic mass is 19.2. The Hall–Kier alpha value is -2.69. The molecule has 0 saturated heterocycles. The van der Waals surface area contributed by atoms with Gasteiger partial charge in [-0.25, -0.2) is 8.78 Å². The zero-order valence-electron chi connectivity index (χ0n) is 11.1. The molecule has 0 fully saturated rings. The second-order valence-corrected chi connectivity index (χ2v) is 4.57. The van der Waals surface area contributed by atoms with E-state index in [1.54, 1.807) is 24.4 Å². The van der Waals surface area contributed by atoms with Crippen molar-refractivity contribution in [2.75, 3.05) is 7.11 Å². The Morgan fingerprint density at radius 3 is 2.62 bits per heavy atom. The van der Waals surface area contributed by atoms with E-state index in [1.165, 1.54) is 13.2 Å². The lowest BCUT2D eigenvalue weighted by Crippen LogP contribution is -2.02. The molecule has 2 aromatic carbocycles. The Bertz CT molecular complexity index is 839. The summed E-state index contributed by atoms with van der Waals surface area (Å²) >= 11 is 0. The van der Waals surface area contributed by atoms with Gasteiger partial charge in [0.25, 0.3) is 0 Å². The summed E-state index contributed by atoms with van der Waals surface area (Å²) in [7, 11) is 1.53. The molecule has 0 aliphatic heterocycles. The van der Waals surface area contributed by atoms with Crippen LogP contribution in [0, 0.1) is 11.6 Å². The summed E-state index contributed by atoms with van der Waals surface area (Å²) < 4.78 is 31.3. The van der Waals surface area contributed by atoms with E-state index in [-0.39, 0.29) is 11.3 Å². The Labute approximate surface area is 119 Å². The van der Waals surface area contributed by atoms with E-state index in [9.17, 15) is 13.6 Å². The zero-order chi connectivity index (χ0) is 15.0. The second-order valence-electron chi connectivity index (χ2n) is 4.57. The third kappa shape index (κ3) is 2.27. The predicted octanol–water partition coefficient (Wildman–Crippen LogP) is 3.69. The maximum atomic E-state index is 13.3. The van der Waals surface area contributed by atoms with Gasteiger partial charge >= 0.3 is 0 Å². The fourth-order valence-electron chi connectivity index (χ4n) is 2.21. The molecule has 0 atom stereocenters. The first-order valence-corrected chi connectivity index (χ1v) is 6.25. The molecule has 0 unspecified atom stereocenters. The summed E-state index contributed by atoms with van der Waals surface area (Å²) in [6.45, 7) is 0. The summed E-state index contributed by atoms with van der Waals surface area (Å²) in [6.07, 6.45) is 1.55. The number of hydrogen-bond acceptors (Lipinski definition) is 2. The average molecular weight is 287 g/mol. The van der Waals surface area contributed by atoms with Gasteiger partial charge in [-0.1, -0.05) is 0 Å². The first kappa shape index (κ1) is 13.3. The van der Waals surface area contributed by atoms with Gasteiger partial charge in [-0.3, -0.25) is 4.79 Å². The van der Waals surface area contributed by atoms with Crippen molar-refractivity contribution in [1.82, 2.24) is 4.98 Å². The second kappa shape index (κ2) is 5.01. The van der Waals surface area contributed by atoms with Crippen molar-refractivity contribution in [3.05, 3.63) is 65.4 Å². The molecule has 106 valence electrons. The SMILES string of the molecule is COc1ccc2[nH]cc(C(=O)c3ccc(F)c(F)c3)c2c1. The maximum absolute atomic E-state index is 13.3. The fraction of sp³-hybridized carbons (Fsp3) is 0.0625. The van der Waals surface area contributed by atoms with E-state index in [0.717, 1.165) is 17.6 Å². The van der Waals surface area contributed by atoms with Crippen LogP contribution in [0.2, 0.25) is 0 Å². The van der Waals surface area contributed by atoms with Gasteiger partial charge in [-0.15, -0.1) is 0 Å². The number of methoxy groups -OCH3 is 1. The van der Waals surface area contributed by atoms with E-state index < -0.39 is 11.6 Å². The number of carbonyl (C=O) groups is 1. The molecule has 1 heterocycles. The van der Waals surface area contributed by atoms with Gasteiger partial charge in [-0.2, -0.15) is 0 Å². The number of nitrogens with one attached hydrogen (secondary N) is 1. The molecule has 1 N–H and O–H groups in total. The number of ether oxygens (including phenoxy) is 1. The predicted molar refractivity (Wildman–Crippen MR) is 74.6 cm³/mol. The zero-order valence-corrected chi connectivity index (χ0v) is 11.1. The number of halogens is 2. The number of ketones is 1. The Balaban J connectivity index is 2.10. The average Bonchev–Trinajstić information content (AvgIpc) is 2.92. The number of benzene rings is 2. The van der Waals surface area contributed by atoms with Gasteiger partial charge in [0.15, 0.2) is 17.4 Å². The molecule has 0 radical (unpaired) electrons. The normalized spacial score (nSPS) is 10.8. The summed E-state index contributed by atoms with van der Waals surface area (Å²) in [5.41, 5.74) is 1.24. The monoisotopic (exact) mass is 287 g/mol. The third-order valence-corrected chi connectivity index (χ3v) is 3.32. The highest BCUT2D eigenvalue weighted by Crippen LogP contribution is 2.25. The largest absolute Gasteiger partial charge is 0.497 e. The topological polar surface area (TPSA) is 42.1 Å². The molecule has 0 aliphatic carbocycles. The van der Waals surface area contributed by atoms with E-state index in [2.05, 4.69) is 4.98 Å². The lowest BCUT2D eigenvalue weighted by Gasteiger charge is -2.03. The molecule has 0 aliphatic rings. The summed E-state index contributed by atoms with van der Waals surface area (Å²) in [5, 5.41) is 0.670. The minimum absolute atomic E-state index is 0.0950. The molecular formula is C16H11F2NO2. The smallest absolute Gasteiger partial charge is 0.195 e. The van der Waals surface area contributed by atoms with Gasteiger partial charge < -0.3 is 9.72 Å². The molecule has 3 aromatic rings. The minimum atomic E-state index is -1.04. The first-order chi connectivity index (χ1) is 10.1. The van der Waals surface area contributed by atoms with Crippen molar-refractivity contribution in [3.8, 4) is 5.75 Å². The molecule has 21 heavy (non-hydrogen) atoms. The molecule has 0 bridgehead atoms. The number of hydrogen-bond donors (Lipinski definition) is 1. The van der Waals surface area contributed by atoms with Crippen LogP contribution < -0.4 is 4.74 Å². The van der Waals surface area contributed by atoms with Crippen molar-refractivity contribution in [2.45, 2.75) is 0 Å². The van der Waals surface area contributed by atoms with E-state index in [4.69, 9.17) is 4.74 Å². The highest BCUT2D eigenvalue weighted by molar-refractivity contribution is 6.16. The standard InChI is InChI=1S/C16H11F2NO2/c1-21-10-3-5-15-11(7-10)12(8-19-15)16(20)9-2-4-13(17)14(18)6-9/h2-8,19H,1H3. The number of aromatic amines is 1. The molecular weight excluding hydrogens is 276 g/mol. The van der Waals surface area contributed by atoms with Crippen LogP contribution in [0.1, 0.15) is 15.9 Å². The van der Waals surface area contributed by atoms with Crippen molar-refractivity contribution in [2.24, 2.45) is 0 Å². The molecule has 0 saturated carbocycles. The molecule has 1 aromatic heterocycles. The van der Waals surface area contributed by atoms with Crippen LogP contribution in [0.25, 0.3) is 10.9 Å². The Kier molecular flexibility index (Phi) is 3.17. The van der Waals surface area contributed by atoms with E-state index in [1.807, 2.05) is 0 Å². The van der Waals surface area contributed by atoms with Crippen LogP contribution in [0.15, 0.2) is 42.6 Å².